The van der Waals surface area contributed by atoms with Crippen LogP contribution in [0.25, 0.3) is 21.5 Å². The molecule has 0 atom stereocenters. The maximum Gasteiger partial charge on any atom is 0.339 e. The van der Waals surface area contributed by atoms with Crippen molar-refractivity contribution in [3.05, 3.63) is 67.4 Å². The van der Waals surface area contributed by atoms with E-state index in [0.29, 0.717) is 5.39 Å². The van der Waals surface area contributed by atoms with Gasteiger partial charge in [0.15, 0.2) is 0 Å². The van der Waals surface area contributed by atoms with Gasteiger partial charge in [0.2, 0.25) is 0 Å². The van der Waals surface area contributed by atoms with E-state index in [1.54, 1.807) is 6.07 Å². The fourth-order valence-corrected chi connectivity index (χ4v) is 3.27. The Bertz CT molecular complexity index is 917. The molecule has 0 amide bonds. The van der Waals surface area contributed by atoms with E-state index in [1.165, 1.54) is 6.07 Å². The smallest absolute Gasteiger partial charge is 0.339 e. The molecule has 5 heteroatoms. The molecule has 3 aromatic carbocycles. The fourth-order valence-electron chi connectivity index (χ4n) is 2.30. The first-order chi connectivity index (χ1) is 9.62. The molecule has 0 saturated carbocycles. The summed E-state index contributed by atoms with van der Waals surface area (Å²) >= 11 is 0. The highest BCUT2D eigenvalue weighted by atomic mass is 32.2. The minimum atomic E-state index is -3.82. The third kappa shape index (κ3) is 2.90. The SMILES string of the molecule is C=COS(=O)(=O)c1cccc2cc3ccccc3cc12.[Mg]. The Morgan fingerprint density at radius 2 is 1.52 bits per heavy atom. The van der Waals surface area contributed by atoms with Crippen LogP contribution in [0.4, 0.5) is 0 Å². The van der Waals surface area contributed by atoms with Crippen LogP contribution in [0, 0.1) is 0 Å². The Balaban J connectivity index is 0.00000161. The molecule has 3 aromatic rings. The fraction of sp³-hybridized carbons (Fsp3) is 0. The molecule has 102 valence electrons. The van der Waals surface area contributed by atoms with Gasteiger partial charge in [-0.2, -0.15) is 8.42 Å². The van der Waals surface area contributed by atoms with Crippen LogP contribution in [0.1, 0.15) is 0 Å². The summed E-state index contributed by atoms with van der Waals surface area (Å²) in [6.07, 6.45) is 0.926. The average Bonchev–Trinajstić information content (AvgIpc) is 2.44. The van der Waals surface area contributed by atoms with E-state index in [0.717, 1.165) is 22.4 Å². The number of fused-ring (bicyclic) bond motifs is 2. The summed E-state index contributed by atoms with van der Waals surface area (Å²) in [7, 11) is -3.82. The molecule has 0 bridgehead atoms. The minimum absolute atomic E-state index is 0. The lowest BCUT2D eigenvalue weighted by Crippen LogP contribution is -2.02. The predicted molar refractivity (Wildman–Crippen MR) is 85.7 cm³/mol. The summed E-state index contributed by atoms with van der Waals surface area (Å²) < 4.78 is 28.8. The van der Waals surface area contributed by atoms with Crippen molar-refractivity contribution in [2.45, 2.75) is 4.90 Å². The number of hydrogen-bond acceptors (Lipinski definition) is 3. The molecule has 3 rings (SSSR count). The number of hydrogen-bond donors (Lipinski definition) is 0. The first-order valence-corrected chi connectivity index (χ1v) is 7.48. The van der Waals surface area contributed by atoms with E-state index in [2.05, 4.69) is 10.8 Å². The van der Waals surface area contributed by atoms with Gasteiger partial charge in [0.25, 0.3) is 0 Å². The predicted octanol–water partition coefficient (Wildman–Crippen LogP) is 3.46. The normalized spacial score (nSPS) is 11.0. The van der Waals surface area contributed by atoms with E-state index >= 15 is 0 Å². The van der Waals surface area contributed by atoms with Gasteiger partial charge in [-0.15, -0.1) is 0 Å². The molecule has 21 heavy (non-hydrogen) atoms. The molecule has 0 fully saturated rings. The van der Waals surface area contributed by atoms with E-state index in [4.69, 9.17) is 0 Å². The number of rotatable bonds is 3. The number of benzene rings is 3. The summed E-state index contributed by atoms with van der Waals surface area (Å²) in [6, 6.07) is 16.8. The Morgan fingerprint density at radius 1 is 0.905 bits per heavy atom. The highest BCUT2D eigenvalue weighted by molar-refractivity contribution is 7.87. The first kappa shape index (κ1) is 15.8. The molecular formula is C16H12MgO3S. The van der Waals surface area contributed by atoms with Gasteiger partial charge < -0.3 is 4.18 Å². The third-order valence-corrected chi connectivity index (χ3v) is 4.45. The van der Waals surface area contributed by atoms with Crippen LogP contribution >= 0.6 is 0 Å². The van der Waals surface area contributed by atoms with Gasteiger partial charge in [-0.3, -0.25) is 0 Å². The van der Waals surface area contributed by atoms with Gasteiger partial charge in [0.1, 0.15) is 4.90 Å². The lowest BCUT2D eigenvalue weighted by molar-refractivity contribution is 0.445. The van der Waals surface area contributed by atoms with E-state index in [1.807, 2.05) is 42.5 Å². The molecular weight excluding hydrogens is 297 g/mol. The summed E-state index contributed by atoms with van der Waals surface area (Å²) in [4.78, 5) is 0.153. The summed E-state index contributed by atoms with van der Waals surface area (Å²) in [5, 5.41) is 3.56. The molecule has 0 heterocycles. The molecule has 0 aliphatic heterocycles. The lowest BCUT2D eigenvalue weighted by atomic mass is 10.0. The monoisotopic (exact) mass is 308 g/mol. The third-order valence-electron chi connectivity index (χ3n) is 3.17. The second kappa shape index (κ2) is 6.05. The quantitative estimate of drug-likeness (QED) is 0.322. The molecule has 0 aliphatic carbocycles. The lowest BCUT2D eigenvalue weighted by Gasteiger charge is -2.08. The topological polar surface area (TPSA) is 43.4 Å². The minimum Gasteiger partial charge on any atom is -0.388 e. The molecule has 0 N–H and O–H groups in total. The van der Waals surface area contributed by atoms with Gasteiger partial charge in [-0.05, 0) is 34.4 Å². The van der Waals surface area contributed by atoms with Crippen LogP contribution in [0.15, 0.2) is 72.3 Å². The summed E-state index contributed by atoms with van der Waals surface area (Å²) in [6.45, 7) is 3.30. The summed E-state index contributed by atoms with van der Waals surface area (Å²) in [5.74, 6) is 0. The van der Waals surface area contributed by atoms with Crippen molar-refractivity contribution in [3.8, 4) is 0 Å². The standard InChI is InChI=1S/C16H12O3S.Mg/c1-2-19-20(17,18)16-9-5-8-14-10-12-6-3-4-7-13(12)11-15(14)16;/h2-11H,1H2;. The molecule has 0 unspecified atom stereocenters. The highest BCUT2D eigenvalue weighted by Gasteiger charge is 2.17. The molecule has 0 aliphatic rings. The summed E-state index contributed by atoms with van der Waals surface area (Å²) in [5.41, 5.74) is 0. The van der Waals surface area contributed by atoms with Crippen molar-refractivity contribution < 1.29 is 12.6 Å². The van der Waals surface area contributed by atoms with Gasteiger partial charge >= 0.3 is 10.1 Å². The maximum absolute atomic E-state index is 12.1. The molecule has 0 saturated heterocycles. The Hall–Kier alpha value is -1.56. The van der Waals surface area contributed by atoms with Crippen LogP contribution in [-0.4, -0.2) is 31.5 Å². The zero-order valence-electron chi connectivity index (χ0n) is 11.3. The van der Waals surface area contributed by atoms with Crippen molar-refractivity contribution >= 4 is 54.7 Å². The van der Waals surface area contributed by atoms with Crippen LogP contribution in [0.3, 0.4) is 0 Å². The zero-order chi connectivity index (χ0) is 14.2. The Kier molecular flexibility index (Phi) is 4.56. The van der Waals surface area contributed by atoms with Crippen LogP contribution < -0.4 is 0 Å². The van der Waals surface area contributed by atoms with Crippen LogP contribution in [0.2, 0.25) is 0 Å². The maximum atomic E-state index is 12.1. The van der Waals surface area contributed by atoms with Crippen LogP contribution in [0.5, 0.6) is 0 Å². The van der Waals surface area contributed by atoms with Gasteiger partial charge in [-0.25, -0.2) is 0 Å². The molecule has 0 spiro atoms. The van der Waals surface area contributed by atoms with Crippen molar-refractivity contribution in [2.75, 3.05) is 0 Å². The molecule has 0 aromatic heterocycles. The van der Waals surface area contributed by atoms with E-state index in [9.17, 15) is 8.42 Å². The van der Waals surface area contributed by atoms with Crippen molar-refractivity contribution in [2.24, 2.45) is 0 Å². The average molecular weight is 309 g/mol. The molecule has 2 radical (unpaired) electrons. The van der Waals surface area contributed by atoms with Crippen molar-refractivity contribution in [1.29, 1.82) is 0 Å². The van der Waals surface area contributed by atoms with Crippen molar-refractivity contribution in [3.63, 3.8) is 0 Å². The second-order valence-corrected chi connectivity index (χ2v) is 5.93. The zero-order valence-corrected chi connectivity index (χ0v) is 13.6. The van der Waals surface area contributed by atoms with Gasteiger partial charge in [-0.1, -0.05) is 43.0 Å². The van der Waals surface area contributed by atoms with Crippen LogP contribution in [-0.2, 0) is 14.3 Å². The Morgan fingerprint density at radius 3 is 2.19 bits per heavy atom. The van der Waals surface area contributed by atoms with E-state index in [-0.39, 0.29) is 27.9 Å². The molecule has 3 nitrogen and oxygen atoms in total. The second-order valence-electron chi connectivity index (χ2n) is 4.39. The van der Waals surface area contributed by atoms with Crippen molar-refractivity contribution in [1.82, 2.24) is 0 Å². The van der Waals surface area contributed by atoms with Gasteiger partial charge in [0.05, 0.1) is 6.26 Å². The Labute approximate surface area is 139 Å². The highest BCUT2D eigenvalue weighted by Crippen LogP contribution is 2.28. The van der Waals surface area contributed by atoms with Gasteiger partial charge in [0, 0.05) is 28.4 Å². The largest absolute Gasteiger partial charge is 0.388 e. The first-order valence-electron chi connectivity index (χ1n) is 6.07. The van der Waals surface area contributed by atoms with E-state index < -0.39 is 10.1 Å².